The molecule has 0 bridgehead atoms. The molecule has 1 aliphatic heterocycles. The van der Waals surface area contributed by atoms with Crippen LogP contribution in [0.25, 0.3) is 0 Å². The molecule has 0 aliphatic carbocycles. The van der Waals surface area contributed by atoms with Gasteiger partial charge in [0.2, 0.25) is 0 Å². The van der Waals surface area contributed by atoms with Crippen LogP contribution in [0.15, 0.2) is 48.5 Å². The van der Waals surface area contributed by atoms with Crippen molar-refractivity contribution in [2.75, 3.05) is 50.1 Å². The highest BCUT2D eigenvalue weighted by atomic mass is 16.5. The molecule has 1 atom stereocenters. The molecule has 150 valence electrons. The summed E-state index contributed by atoms with van der Waals surface area (Å²) in [6.45, 7) is 8.61. The zero-order valence-corrected chi connectivity index (χ0v) is 17.1. The van der Waals surface area contributed by atoms with Crippen molar-refractivity contribution in [1.29, 1.82) is 0 Å². The van der Waals surface area contributed by atoms with Crippen LogP contribution in [0.2, 0.25) is 0 Å². The molecule has 1 amide bonds. The molecule has 0 aromatic heterocycles. The number of benzene rings is 2. The number of nitrogens with zero attached hydrogens (tertiary/aromatic N) is 2. The topological polar surface area (TPSA) is 44.8 Å². The molecule has 28 heavy (non-hydrogen) atoms. The van der Waals surface area contributed by atoms with E-state index in [1.165, 1.54) is 11.3 Å². The fourth-order valence-corrected chi connectivity index (χ4v) is 3.29. The van der Waals surface area contributed by atoms with Crippen LogP contribution >= 0.6 is 0 Å². The van der Waals surface area contributed by atoms with Crippen LogP contribution in [0, 0.1) is 0 Å². The standard InChI is InChI=1S/C23H31N3O2/c1-4-18(2)19-5-11-22(12-6-19)28-17-23(27)24-20-7-9-21(10-8-20)26-15-13-25(3)14-16-26/h5-12,18H,4,13-17H2,1-3H3,(H,24,27). The van der Waals surface area contributed by atoms with Crippen molar-refractivity contribution in [1.82, 2.24) is 4.90 Å². The van der Waals surface area contributed by atoms with Gasteiger partial charge in [-0.15, -0.1) is 0 Å². The molecule has 0 radical (unpaired) electrons. The highest BCUT2D eigenvalue weighted by molar-refractivity contribution is 5.92. The first-order valence-corrected chi connectivity index (χ1v) is 10.1. The zero-order chi connectivity index (χ0) is 19.9. The molecule has 0 saturated carbocycles. The van der Waals surface area contributed by atoms with Gasteiger partial charge in [0.25, 0.3) is 5.91 Å². The second kappa shape index (κ2) is 9.60. The van der Waals surface area contributed by atoms with Gasteiger partial charge in [-0.2, -0.15) is 0 Å². The summed E-state index contributed by atoms with van der Waals surface area (Å²) in [6.07, 6.45) is 1.11. The Bertz CT molecular complexity index is 750. The SMILES string of the molecule is CCC(C)c1ccc(OCC(=O)Nc2ccc(N3CCN(C)CC3)cc2)cc1. The van der Waals surface area contributed by atoms with Gasteiger partial charge < -0.3 is 19.9 Å². The van der Waals surface area contributed by atoms with Crippen molar-refractivity contribution >= 4 is 17.3 Å². The Hall–Kier alpha value is -2.53. The van der Waals surface area contributed by atoms with Crippen molar-refractivity contribution in [3.63, 3.8) is 0 Å². The summed E-state index contributed by atoms with van der Waals surface area (Å²) in [7, 11) is 2.15. The summed E-state index contributed by atoms with van der Waals surface area (Å²) in [5.74, 6) is 1.09. The van der Waals surface area contributed by atoms with E-state index in [1.807, 2.05) is 24.3 Å². The molecule has 2 aromatic rings. The lowest BCUT2D eigenvalue weighted by Crippen LogP contribution is -2.44. The highest BCUT2D eigenvalue weighted by Gasteiger charge is 2.14. The van der Waals surface area contributed by atoms with Crippen molar-refractivity contribution in [2.24, 2.45) is 0 Å². The molecule has 1 saturated heterocycles. The molecular formula is C23H31N3O2. The summed E-state index contributed by atoms with van der Waals surface area (Å²) < 4.78 is 5.61. The van der Waals surface area contributed by atoms with Gasteiger partial charge in [0.05, 0.1) is 0 Å². The fourth-order valence-electron chi connectivity index (χ4n) is 3.29. The Morgan fingerprint density at radius 1 is 1.04 bits per heavy atom. The Labute approximate surface area is 168 Å². The Balaban J connectivity index is 1.47. The van der Waals surface area contributed by atoms with Crippen LogP contribution in [0.3, 0.4) is 0 Å². The first kappa shape index (κ1) is 20.2. The number of ether oxygens (including phenoxy) is 1. The van der Waals surface area contributed by atoms with Gasteiger partial charge >= 0.3 is 0 Å². The normalized spacial score (nSPS) is 15.9. The zero-order valence-electron chi connectivity index (χ0n) is 17.1. The lowest BCUT2D eigenvalue weighted by Gasteiger charge is -2.34. The number of likely N-dealkylation sites (N-methyl/N-ethyl adjacent to an activating group) is 1. The number of amides is 1. The van der Waals surface area contributed by atoms with Crippen LogP contribution < -0.4 is 15.0 Å². The third-order valence-electron chi connectivity index (χ3n) is 5.45. The van der Waals surface area contributed by atoms with Gasteiger partial charge in [0.1, 0.15) is 5.75 Å². The molecule has 1 unspecified atom stereocenters. The van der Waals surface area contributed by atoms with Crippen molar-refractivity contribution in [3.8, 4) is 5.75 Å². The highest BCUT2D eigenvalue weighted by Crippen LogP contribution is 2.22. The van der Waals surface area contributed by atoms with Gasteiger partial charge in [0.15, 0.2) is 6.61 Å². The van der Waals surface area contributed by atoms with E-state index in [9.17, 15) is 4.79 Å². The van der Waals surface area contributed by atoms with E-state index in [1.54, 1.807) is 0 Å². The molecule has 3 rings (SSSR count). The van der Waals surface area contributed by atoms with E-state index in [0.717, 1.165) is 38.3 Å². The molecule has 5 nitrogen and oxygen atoms in total. The summed E-state index contributed by atoms with van der Waals surface area (Å²) in [5.41, 5.74) is 3.28. The van der Waals surface area contributed by atoms with Crippen LogP contribution in [0.1, 0.15) is 31.7 Å². The number of carbonyl (C=O) groups is 1. The van der Waals surface area contributed by atoms with E-state index in [-0.39, 0.29) is 12.5 Å². The molecule has 2 aromatic carbocycles. The van der Waals surface area contributed by atoms with Gasteiger partial charge in [0, 0.05) is 37.6 Å². The number of carbonyl (C=O) groups excluding carboxylic acids is 1. The number of anilines is 2. The largest absolute Gasteiger partial charge is 0.484 e. The van der Waals surface area contributed by atoms with Crippen LogP contribution in [-0.2, 0) is 4.79 Å². The monoisotopic (exact) mass is 381 g/mol. The smallest absolute Gasteiger partial charge is 0.262 e. The maximum Gasteiger partial charge on any atom is 0.262 e. The Morgan fingerprint density at radius 3 is 2.29 bits per heavy atom. The maximum absolute atomic E-state index is 12.2. The maximum atomic E-state index is 12.2. The number of rotatable bonds is 7. The summed E-state index contributed by atoms with van der Waals surface area (Å²) in [4.78, 5) is 16.9. The molecule has 5 heteroatoms. The van der Waals surface area contributed by atoms with Crippen LogP contribution in [0.5, 0.6) is 5.75 Å². The number of nitrogens with one attached hydrogen (secondary N) is 1. The van der Waals surface area contributed by atoms with Crippen LogP contribution in [0.4, 0.5) is 11.4 Å². The molecule has 1 fully saturated rings. The van der Waals surface area contributed by atoms with E-state index >= 15 is 0 Å². The van der Waals surface area contributed by atoms with E-state index in [4.69, 9.17) is 4.74 Å². The molecule has 0 spiro atoms. The van der Waals surface area contributed by atoms with Crippen molar-refractivity contribution < 1.29 is 9.53 Å². The number of hydrogen-bond donors (Lipinski definition) is 1. The van der Waals surface area contributed by atoms with Crippen LogP contribution in [-0.4, -0.2) is 50.6 Å². The molecule has 1 aliphatic rings. The minimum absolute atomic E-state index is 0.00287. The Kier molecular flexibility index (Phi) is 6.93. The predicted octanol–water partition coefficient (Wildman–Crippen LogP) is 3.97. The number of hydrogen-bond acceptors (Lipinski definition) is 4. The van der Waals surface area contributed by atoms with E-state index in [2.05, 4.69) is 60.3 Å². The van der Waals surface area contributed by atoms with Crippen molar-refractivity contribution in [3.05, 3.63) is 54.1 Å². The third kappa shape index (κ3) is 5.49. The Morgan fingerprint density at radius 2 is 1.68 bits per heavy atom. The van der Waals surface area contributed by atoms with Gasteiger partial charge in [-0.3, -0.25) is 4.79 Å². The van der Waals surface area contributed by atoms with Crippen molar-refractivity contribution in [2.45, 2.75) is 26.2 Å². The minimum atomic E-state index is -0.154. The van der Waals surface area contributed by atoms with E-state index in [0.29, 0.717) is 11.7 Å². The fraction of sp³-hybridized carbons (Fsp3) is 0.435. The molecule has 1 N–H and O–H groups in total. The average molecular weight is 382 g/mol. The minimum Gasteiger partial charge on any atom is -0.484 e. The predicted molar refractivity (Wildman–Crippen MR) is 115 cm³/mol. The quantitative estimate of drug-likeness (QED) is 0.788. The molecular weight excluding hydrogens is 350 g/mol. The van der Waals surface area contributed by atoms with Gasteiger partial charge in [-0.25, -0.2) is 0 Å². The lowest BCUT2D eigenvalue weighted by atomic mass is 9.99. The summed E-state index contributed by atoms with van der Waals surface area (Å²) in [5, 5.41) is 2.90. The second-order valence-electron chi connectivity index (χ2n) is 7.55. The summed E-state index contributed by atoms with van der Waals surface area (Å²) >= 11 is 0. The first-order chi connectivity index (χ1) is 13.5. The second-order valence-corrected chi connectivity index (χ2v) is 7.55. The summed E-state index contributed by atoms with van der Waals surface area (Å²) in [6, 6.07) is 16.0. The van der Waals surface area contributed by atoms with E-state index < -0.39 is 0 Å². The third-order valence-corrected chi connectivity index (χ3v) is 5.45. The van der Waals surface area contributed by atoms with Gasteiger partial charge in [-0.05, 0) is 61.3 Å². The number of piperazine rings is 1. The lowest BCUT2D eigenvalue weighted by molar-refractivity contribution is -0.118. The average Bonchev–Trinajstić information content (AvgIpc) is 2.73. The van der Waals surface area contributed by atoms with Gasteiger partial charge in [-0.1, -0.05) is 26.0 Å². The molecule has 1 heterocycles. The first-order valence-electron chi connectivity index (χ1n) is 10.1.